The number of carbonyl (C=O) groups is 2. The SMILES string of the molecule is CCCCCCCCCCCCCCCCCCCCCCCC[C@@H](C(=O)O)[C@H](O)CCCCCCCCCCCCCCC[C@H]1C[C@H]1CCCCCCCCCCCCCCCCCCC(=O)[C@@H](C)CCCCCCCCCCCCCCCCCC. The minimum Gasteiger partial charge on any atom is -0.481 e. The molecule has 0 radical (unpaired) electrons. The van der Waals surface area contributed by atoms with Gasteiger partial charge in [0, 0.05) is 12.3 Å². The molecule has 0 heterocycles. The lowest BCUT2D eigenvalue weighted by atomic mass is 9.91. The number of carbonyl (C=O) groups excluding carboxylic acids is 1. The number of aliphatic hydroxyl groups is 1. The van der Waals surface area contributed by atoms with Gasteiger partial charge in [-0.2, -0.15) is 0 Å². The third-order valence-electron chi connectivity index (χ3n) is 21.6. The van der Waals surface area contributed by atoms with E-state index in [0.29, 0.717) is 18.6 Å². The van der Waals surface area contributed by atoms with Gasteiger partial charge in [0.25, 0.3) is 0 Å². The van der Waals surface area contributed by atoms with Gasteiger partial charge in [0.05, 0.1) is 12.0 Å². The Labute approximate surface area is 554 Å². The zero-order valence-corrected chi connectivity index (χ0v) is 60.9. The van der Waals surface area contributed by atoms with Crippen molar-refractivity contribution < 1.29 is 19.8 Å². The normalized spacial score (nSPS) is 15.1. The molecule has 0 bridgehead atoms. The highest BCUT2D eigenvalue weighted by molar-refractivity contribution is 5.80. The fourth-order valence-electron chi connectivity index (χ4n) is 15.0. The Hall–Kier alpha value is -0.900. The Morgan fingerprint density at radius 1 is 0.284 bits per heavy atom. The zero-order valence-electron chi connectivity index (χ0n) is 60.9. The van der Waals surface area contributed by atoms with Crippen molar-refractivity contribution >= 4 is 11.8 Å². The van der Waals surface area contributed by atoms with E-state index in [1.165, 1.54) is 417 Å². The second kappa shape index (κ2) is 70.4. The van der Waals surface area contributed by atoms with Crippen molar-refractivity contribution in [1.82, 2.24) is 0 Å². The van der Waals surface area contributed by atoms with Gasteiger partial charge >= 0.3 is 5.97 Å². The van der Waals surface area contributed by atoms with Crippen molar-refractivity contribution in [3.63, 3.8) is 0 Å². The number of hydrogen-bond donors (Lipinski definition) is 2. The van der Waals surface area contributed by atoms with Crippen molar-refractivity contribution in [2.75, 3.05) is 0 Å². The minimum atomic E-state index is -0.800. The average molecular weight is 1240 g/mol. The van der Waals surface area contributed by atoms with Gasteiger partial charge in [-0.25, -0.2) is 0 Å². The fourth-order valence-corrected chi connectivity index (χ4v) is 15.0. The van der Waals surface area contributed by atoms with Crippen LogP contribution in [0.4, 0.5) is 0 Å². The number of carboxylic acids is 1. The molecular weight excluding hydrogens is 1070 g/mol. The van der Waals surface area contributed by atoms with Gasteiger partial charge in [0.15, 0.2) is 0 Å². The lowest BCUT2D eigenvalue weighted by Gasteiger charge is -2.19. The summed E-state index contributed by atoms with van der Waals surface area (Å²) in [5, 5.41) is 20.6. The van der Waals surface area contributed by atoms with E-state index in [2.05, 4.69) is 20.8 Å². The first-order valence-corrected chi connectivity index (χ1v) is 41.8. The van der Waals surface area contributed by atoms with Crippen LogP contribution >= 0.6 is 0 Å². The number of aliphatic hydroxyl groups excluding tert-OH is 1. The lowest BCUT2D eigenvalue weighted by Crippen LogP contribution is -2.28. The molecule has 1 saturated carbocycles. The van der Waals surface area contributed by atoms with E-state index in [0.717, 1.165) is 56.8 Å². The summed E-state index contributed by atoms with van der Waals surface area (Å²) in [6, 6.07) is 0. The number of unbranched alkanes of at least 4 members (excludes halogenated alkanes) is 63. The van der Waals surface area contributed by atoms with E-state index >= 15 is 0 Å². The summed E-state index contributed by atoms with van der Waals surface area (Å²) in [7, 11) is 0. The number of aliphatic carboxylic acids is 1. The van der Waals surface area contributed by atoms with E-state index < -0.39 is 18.0 Å². The van der Waals surface area contributed by atoms with Crippen molar-refractivity contribution in [3.05, 3.63) is 0 Å². The molecule has 0 spiro atoms. The van der Waals surface area contributed by atoms with Crippen LogP contribution in [0.15, 0.2) is 0 Å². The van der Waals surface area contributed by atoms with Gasteiger partial charge in [-0.05, 0) is 43.9 Å². The van der Waals surface area contributed by atoms with Crippen LogP contribution in [0.5, 0.6) is 0 Å². The molecule has 0 unspecified atom stereocenters. The summed E-state index contributed by atoms with van der Waals surface area (Å²) in [6.07, 6.45) is 99.4. The van der Waals surface area contributed by atoms with Crippen LogP contribution in [0, 0.1) is 23.7 Å². The Bertz CT molecular complexity index is 1360. The third kappa shape index (κ3) is 62.5. The van der Waals surface area contributed by atoms with Crippen molar-refractivity contribution in [2.24, 2.45) is 23.7 Å². The number of carboxylic acid groups (broad SMARTS) is 1. The molecule has 524 valence electrons. The average Bonchev–Trinajstić information content (AvgIpc) is 4.30. The largest absolute Gasteiger partial charge is 0.481 e. The zero-order chi connectivity index (χ0) is 63.4. The molecule has 88 heavy (non-hydrogen) atoms. The van der Waals surface area contributed by atoms with Crippen LogP contribution in [0.2, 0.25) is 0 Å². The predicted molar refractivity (Wildman–Crippen MR) is 391 cm³/mol. The van der Waals surface area contributed by atoms with Gasteiger partial charge in [-0.3, -0.25) is 9.59 Å². The van der Waals surface area contributed by atoms with E-state index in [1.54, 1.807) is 0 Å². The molecule has 1 aliphatic rings. The standard InChI is InChI=1S/C84H164O4/c1-4-6-8-10-12-14-16-18-20-22-23-24-25-26-27-32-38-44-50-56-62-68-74-81(84(87)88)83(86)76-70-64-58-52-46-40-34-37-43-49-55-61-67-73-80-77-79(80)72-66-60-54-48-42-36-31-28-29-33-39-45-51-57-63-69-75-82(85)78(3)71-65-59-53-47-41-35-30-21-19-17-15-13-11-9-7-5-2/h78-81,83,86H,4-77H2,1-3H3,(H,87,88)/t78-,79+,80-,81+,83+/m0/s1. The van der Waals surface area contributed by atoms with Crippen molar-refractivity contribution in [2.45, 2.75) is 502 Å². The van der Waals surface area contributed by atoms with Gasteiger partial charge in [0.2, 0.25) is 0 Å². The van der Waals surface area contributed by atoms with E-state index in [9.17, 15) is 19.8 Å². The molecule has 0 aliphatic heterocycles. The summed E-state index contributed by atoms with van der Waals surface area (Å²) in [4.78, 5) is 24.7. The van der Waals surface area contributed by atoms with Gasteiger partial charge in [0.1, 0.15) is 5.78 Å². The Morgan fingerprint density at radius 3 is 0.739 bits per heavy atom. The molecule has 5 atom stereocenters. The molecule has 2 N–H and O–H groups in total. The maximum atomic E-state index is 12.7. The third-order valence-corrected chi connectivity index (χ3v) is 21.6. The molecule has 4 heteroatoms. The first kappa shape index (κ1) is 85.1. The second-order valence-corrected chi connectivity index (χ2v) is 30.3. The second-order valence-electron chi connectivity index (χ2n) is 30.3. The maximum Gasteiger partial charge on any atom is 0.309 e. The first-order chi connectivity index (χ1) is 43.4. The quantitative estimate of drug-likeness (QED) is 0.0595. The molecule has 0 saturated heterocycles. The molecule has 0 aromatic carbocycles. The van der Waals surface area contributed by atoms with Gasteiger partial charge < -0.3 is 10.2 Å². The summed E-state index contributed by atoms with van der Waals surface area (Å²) >= 11 is 0. The van der Waals surface area contributed by atoms with Gasteiger partial charge in [-0.1, -0.05) is 457 Å². The highest BCUT2D eigenvalue weighted by Gasteiger charge is 2.35. The Balaban J connectivity index is 1.75. The molecule has 0 aromatic heterocycles. The number of hydrogen-bond acceptors (Lipinski definition) is 3. The lowest BCUT2D eigenvalue weighted by molar-refractivity contribution is -0.146. The van der Waals surface area contributed by atoms with Crippen LogP contribution in [0.3, 0.4) is 0 Å². The minimum absolute atomic E-state index is 0.281. The molecule has 0 amide bonds. The maximum absolute atomic E-state index is 12.7. The molecule has 0 aromatic rings. The number of rotatable bonds is 78. The Morgan fingerprint density at radius 2 is 0.489 bits per heavy atom. The highest BCUT2D eigenvalue weighted by Crippen LogP contribution is 2.46. The summed E-state index contributed by atoms with van der Waals surface area (Å²) < 4.78 is 0. The molecular formula is C84H164O4. The molecule has 4 nitrogen and oxygen atoms in total. The fraction of sp³-hybridized carbons (Fsp3) is 0.976. The van der Waals surface area contributed by atoms with E-state index in [4.69, 9.17) is 0 Å². The molecule has 1 fully saturated rings. The van der Waals surface area contributed by atoms with Crippen LogP contribution in [-0.4, -0.2) is 28.1 Å². The van der Waals surface area contributed by atoms with Crippen molar-refractivity contribution in [3.8, 4) is 0 Å². The van der Waals surface area contributed by atoms with E-state index in [1.807, 2.05) is 0 Å². The first-order valence-electron chi connectivity index (χ1n) is 41.8. The van der Waals surface area contributed by atoms with Gasteiger partial charge in [-0.15, -0.1) is 0 Å². The number of ketones is 1. The number of Topliss-reactive ketones (excluding diaryl/α,β-unsaturated/α-hetero) is 1. The van der Waals surface area contributed by atoms with Crippen LogP contribution < -0.4 is 0 Å². The molecule has 1 aliphatic carbocycles. The van der Waals surface area contributed by atoms with E-state index in [-0.39, 0.29) is 5.92 Å². The predicted octanol–water partition coefficient (Wildman–Crippen LogP) is 29.4. The van der Waals surface area contributed by atoms with Crippen LogP contribution in [-0.2, 0) is 9.59 Å². The van der Waals surface area contributed by atoms with Crippen LogP contribution in [0.1, 0.15) is 496 Å². The Kier molecular flexibility index (Phi) is 68.1. The summed E-state index contributed by atoms with van der Waals surface area (Å²) in [6.45, 7) is 6.79. The summed E-state index contributed by atoms with van der Waals surface area (Å²) in [5.41, 5.74) is 0. The highest BCUT2D eigenvalue weighted by atomic mass is 16.4. The molecule has 1 rings (SSSR count). The smallest absolute Gasteiger partial charge is 0.309 e. The summed E-state index contributed by atoms with van der Waals surface area (Å²) in [5.74, 6) is 1.58. The monoisotopic (exact) mass is 1240 g/mol. The van der Waals surface area contributed by atoms with Crippen molar-refractivity contribution in [1.29, 1.82) is 0 Å². The van der Waals surface area contributed by atoms with Crippen LogP contribution in [0.25, 0.3) is 0 Å². The topological polar surface area (TPSA) is 74.6 Å².